The molecule has 2 heterocycles. The number of halogens is 1. The van der Waals surface area contributed by atoms with E-state index in [-0.39, 0.29) is 11.7 Å². The van der Waals surface area contributed by atoms with Crippen molar-refractivity contribution in [2.45, 2.75) is 17.7 Å². The summed E-state index contributed by atoms with van der Waals surface area (Å²) in [6.07, 6.45) is 7.23. The first-order valence-corrected chi connectivity index (χ1v) is 9.35. The highest BCUT2D eigenvalue weighted by Crippen LogP contribution is 2.21. The summed E-state index contributed by atoms with van der Waals surface area (Å²) < 4.78 is 12.8. The molecule has 1 saturated heterocycles. The molecule has 1 fully saturated rings. The molecular weight excluding hydrogens is 339 g/mol. The fraction of sp³-hybridized carbons (Fsp3) is 0.389. The molecular formula is C18H21FN4OS. The van der Waals surface area contributed by atoms with Gasteiger partial charge in [0.1, 0.15) is 11.6 Å². The maximum absolute atomic E-state index is 12.8. The molecule has 1 aliphatic rings. The Hall–Kier alpha value is -2.15. The highest BCUT2D eigenvalue weighted by molar-refractivity contribution is 8.00. The van der Waals surface area contributed by atoms with Gasteiger partial charge in [-0.1, -0.05) is 0 Å². The molecule has 2 aromatic rings. The van der Waals surface area contributed by atoms with Gasteiger partial charge in [-0.3, -0.25) is 9.78 Å². The van der Waals surface area contributed by atoms with Crippen LogP contribution in [0.3, 0.4) is 0 Å². The number of hydrogen-bond acceptors (Lipinski definition) is 5. The first-order chi connectivity index (χ1) is 12.2. The van der Waals surface area contributed by atoms with Crippen LogP contribution in [0.2, 0.25) is 0 Å². The summed E-state index contributed by atoms with van der Waals surface area (Å²) in [5.74, 6) is 1.52. The Balaban J connectivity index is 1.35. The predicted molar refractivity (Wildman–Crippen MR) is 97.1 cm³/mol. The van der Waals surface area contributed by atoms with Crippen molar-refractivity contribution in [3.8, 4) is 0 Å². The van der Waals surface area contributed by atoms with Crippen LogP contribution < -0.4 is 10.2 Å². The molecule has 0 saturated carbocycles. The van der Waals surface area contributed by atoms with Crippen molar-refractivity contribution in [2.24, 2.45) is 5.92 Å². The van der Waals surface area contributed by atoms with Gasteiger partial charge < -0.3 is 10.2 Å². The molecule has 7 heteroatoms. The Labute approximate surface area is 151 Å². The smallest absolute Gasteiger partial charge is 0.230 e. The predicted octanol–water partition coefficient (Wildman–Crippen LogP) is 2.74. The van der Waals surface area contributed by atoms with Crippen molar-refractivity contribution in [3.63, 3.8) is 0 Å². The van der Waals surface area contributed by atoms with Crippen LogP contribution in [0.15, 0.2) is 47.8 Å². The van der Waals surface area contributed by atoms with E-state index in [4.69, 9.17) is 0 Å². The van der Waals surface area contributed by atoms with Gasteiger partial charge in [0.2, 0.25) is 5.91 Å². The summed E-state index contributed by atoms with van der Waals surface area (Å²) in [4.78, 5) is 23.5. The Morgan fingerprint density at radius 3 is 2.68 bits per heavy atom. The molecule has 3 rings (SSSR count). The van der Waals surface area contributed by atoms with Crippen LogP contribution in [0.25, 0.3) is 0 Å². The van der Waals surface area contributed by atoms with Gasteiger partial charge in [-0.05, 0) is 43.0 Å². The number of carbonyl (C=O) groups excluding carboxylic acids is 1. The minimum Gasteiger partial charge on any atom is -0.355 e. The highest BCUT2D eigenvalue weighted by Gasteiger charge is 2.20. The molecule has 1 aliphatic heterocycles. The molecule has 0 unspecified atom stereocenters. The maximum atomic E-state index is 12.8. The minimum absolute atomic E-state index is 0.0191. The van der Waals surface area contributed by atoms with E-state index in [9.17, 15) is 9.18 Å². The summed E-state index contributed by atoms with van der Waals surface area (Å²) in [5, 5.41) is 3.01. The van der Waals surface area contributed by atoms with Crippen molar-refractivity contribution in [2.75, 3.05) is 30.3 Å². The van der Waals surface area contributed by atoms with Crippen LogP contribution in [0.5, 0.6) is 0 Å². The van der Waals surface area contributed by atoms with E-state index in [1.807, 2.05) is 0 Å². The monoisotopic (exact) mass is 360 g/mol. The van der Waals surface area contributed by atoms with Crippen LogP contribution in [0.4, 0.5) is 10.2 Å². The lowest BCUT2D eigenvalue weighted by atomic mass is 9.97. The molecule has 0 radical (unpaired) electrons. The zero-order valence-corrected chi connectivity index (χ0v) is 14.7. The van der Waals surface area contributed by atoms with Gasteiger partial charge in [0.15, 0.2) is 0 Å². The number of rotatable bonds is 6. The van der Waals surface area contributed by atoms with Crippen LogP contribution >= 0.6 is 11.8 Å². The lowest BCUT2D eigenvalue weighted by Crippen LogP contribution is -2.39. The zero-order chi connectivity index (χ0) is 17.5. The van der Waals surface area contributed by atoms with Gasteiger partial charge in [0, 0.05) is 36.9 Å². The molecule has 0 bridgehead atoms. The third-order valence-corrected chi connectivity index (χ3v) is 5.27. The van der Waals surface area contributed by atoms with E-state index in [2.05, 4.69) is 20.2 Å². The normalized spacial score (nSPS) is 15.2. The van der Waals surface area contributed by atoms with E-state index in [0.717, 1.165) is 36.6 Å². The van der Waals surface area contributed by atoms with Crippen molar-refractivity contribution in [3.05, 3.63) is 48.7 Å². The summed E-state index contributed by atoms with van der Waals surface area (Å²) in [6, 6.07) is 6.20. The van der Waals surface area contributed by atoms with Gasteiger partial charge in [-0.25, -0.2) is 9.37 Å². The number of nitrogens with zero attached hydrogens (tertiary/aromatic N) is 3. The second-order valence-electron chi connectivity index (χ2n) is 6.04. The molecule has 132 valence electrons. The molecule has 0 spiro atoms. The third-order valence-electron chi connectivity index (χ3n) is 4.26. The van der Waals surface area contributed by atoms with E-state index in [1.165, 1.54) is 23.9 Å². The fourth-order valence-corrected chi connectivity index (χ4v) is 3.54. The lowest BCUT2D eigenvalue weighted by molar-refractivity contribution is -0.118. The summed E-state index contributed by atoms with van der Waals surface area (Å²) in [5.41, 5.74) is 0. The fourth-order valence-electron chi connectivity index (χ4n) is 2.81. The molecule has 1 amide bonds. The molecule has 1 aromatic carbocycles. The van der Waals surface area contributed by atoms with Gasteiger partial charge in [0.05, 0.1) is 11.9 Å². The SMILES string of the molecule is O=C(CSc1ccc(F)cc1)NCC1CCN(c2cnccn2)CC1. The van der Waals surface area contributed by atoms with Crippen LogP contribution in [0.1, 0.15) is 12.8 Å². The standard InChI is InChI=1S/C18H21FN4OS/c19-15-1-3-16(4-2-15)25-13-18(24)22-11-14-5-9-23(10-6-14)17-12-20-7-8-21-17/h1-4,7-8,12,14H,5-6,9-11,13H2,(H,22,24). The number of hydrogen-bond donors (Lipinski definition) is 1. The number of carbonyl (C=O) groups is 1. The van der Waals surface area contributed by atoms with E-state index < -0.39 is 0 Å². The van der Waals surface area contributed by atoms with E-state index in [1.54, 1.807) is 30.7 Å². The first-order valence-electron chi connectivity index (χ1n) is 8.37. The van der Waals surface area contributed by atoms with Crippen LogP contribution in [0, 0.1) is 11.7 Å². The van der Waals surface area contributed by atoms with Crippen LogP contribution in [-0.2, 0) is 4.79 Å². The minimum atomic E-state index is -0.262. The van der Waals surface area contributed by atoms with E-state index in [0.29, 0.717) is 18.2 Å². The second kappa shape index (κ2) is 8.80. The average Bonchev–Trinajstić information content (AvgIpc) is 2.67. The van der Waals surface area contributed by atoms with Crippen molar-refractivity contribution >= 4 is 23.5 Å². The summed E-state index contributed by atoms with van der Waals surface area (Å²) in [7, 11) is 0. The van der Waals surface area contributed by atoms with Crippen LogP contribution in [-0.4, -0.2) is 41.3 Å². The Morgan fingerprint density at radius 2 is 2.00 bits per heavy atom. The second-order valence-corrected chi connectivity index (χ2v) is 7.09. The largest absolute Gasteiger partial charge is 0.355 e. The summed E-state index contributed by atoms with van der Waals surface area (Å²) >= 11 is 1.42. The van der Waals surface area contributed by atoms with Gasteiger partial charge in [-0.15, -0.1) is 11.8 Å². The zero-order valence-electron chi connectivity index (χ0n) is 13.9. The highest BCUT2D eigenvalue weighted by atomic mass is 32.2. The number of benzene rings is 1. The molecule has 1 N–H and O–H groups in total. The topological polar surface area (TPSA) is 58.1 Å². The molecule has 5 nitrogen and oxygen atoms in total. The Bertz CT molecular complexity index is 675. The quantitative estimate of drug-likeness (QED) is 0.803. The number of nitrogens with one attached hydrogen (secondary N) is 1. The van der Waals surface area contributed by atoms with Gasteiger partial charge in [-0.2, -0.15) is 0 Å². The Morgan fingerprint density at radius 1 is 1.24 bits per heavy atom. The molecule has 1 aromatic heterocycles. The molecule has 25 heavy (non-hydrogen) atoms. The van der Waals surface area contributed by atoms with Crippen molar-refractivity contribution < 1.29 is 9.18 Å². The number of amides is 1. The number of anilines is 1. The number of piperidine rings is 1. The number of aromatic nitrogens is 2. The first kappa shape index (κ1) is 17.7. The molecule has 0 aliphatic carbocycles. The van der Waals surface area contributed by atoms with E-state index >= 15 is 0 Å². The van der Waals surface area contributed by atoms with Crippen molar-refractivity contribution in [1.29, 1.82) is 0 Å². The third kappa shape index (κ3) is 5.42. The molecule has 0 atom stereocenters. The number of thioether (sulfide) groups is 1. The average molecular weight is 360 g/mol. The lowest BCUT2D eigenvalue weighted by Gasteiger charge is -2.32. The maximum Gasteiger partial charge on any atom is 0.230 e. The van der Waals surface area contributed by atoms with Crippen molar-refractivity contribution in [1.82, 2.24) is 15.3 Å². The summed E-state index contributed by atoms with van der Waals surface area (Å²) in [6.45, 7) is 2.57. The Kier molecular flexibility index (Phi) is 6.22. The van der Waals surface area contributed by atoms with Gasteiger partial charge in [0.25, 0.3) is 0 Å². The van der Waals surface area contributed by atoms with Gasteiger partial charge >= 0.3 is 0 Å².